The van der Waals surface area contributed by atoms with Gasteiger partial charge in [-0.1, -0.05) is 19.4 Å². The molecular formula is C11H15N3OS2. The van der Waals surface area contributed by atoms with Crippen molar-refractivity contribution in [2.45, 2.75) is 32.4 Å². The Morgan fingerprint density at radius 1 is 1.65 bits per heavy atom. The molecule has 17 heavy (non-hydrogen) atoms. The summed E-state index contributed by atoms with van der Waals surface area (Å²) in [5, 5.41) is 18.2. The quantitative estimate of drug-likeness (QED) is 0.821. The Labute approximate surface area is 109 Å². The number of H-pyrrole nitrogens is 1. The maximum Gasteiger partial charge on any atom is 0.195 e. The van der Waals surface area contributed by atoms with Gasteiger partial charge >= 0.3 is 0 Å². The summed E-state index contributed by atoms with van der Waals surface area (Å²) in [7, 11) is 0. The van der Waals surface area contributed by atoms with Crippen LogP contribution in [0.2, 0.25) is 0 Å². The molecule has 0 bridgehead atoms. The molecule has 2 N–H and O–H groups in total. The summed E-state index contributed by atoms with van der Waals surface area (Å²) >= 11 is 6.95. The predicted molar refractivity (Wildman–Crippen MR) is 70.7 cm³/mol. The molecule has 92 valence electrons. The van der Waals surface area contributed by atoms with Gasteiger partial charge in [0.25, 0.3) is 0 Å². The number of aliphatic hydroxyl groups is 1. The van der Waals surface area contributed by atoms with E-state index in [2.05, 4.69) is 28.6 Å². The van der Waals surface area contributed by atoms with Crippen LogP contribution in [0.15, 0.2) is 17.5 Å². The SMILES string of the molecule is CCCC(c1cccs1)n1c(CO)n[nH]c1=S. The molecule has 0 fully saturated rings. The van der Waals surface area contributed by atoms with Crippen LogP contribution in [0.5, 0.6) is 0 Å². The van der Waals surface area contributed by atoms with E-state index < -0.39 is 0 Å². The molecule has 0 spiro atoms. The number of nitrogens with zero attached hydrogens (tertiary/aromatic N) is 2. The van der Waals surface area contributed by atoms with Crippen LogP contribution in [0.4, 0.5) is 0 Å². The molecule has 0 aliphatic heterocycles. The van der Waals surface area contributed by atoms with Crippen LogP contribution in [-0.2, 0) is 6.61 Å². The molecule has 1 unspecified atom stereocenters. The average molecular weight is 269 g/mol. The molecule has 4 nitrogen and oxygen atoms in total. The lowest BCUT2D eigenvalue weighted by Crippen LogP contribution is -2.13. The first kappa shape index (κ1) is 12.5. The van der Waals surface area contributed by atoms with Gasteiger partial charge < -0.3 is 5.11 Å². The van der Waals surface area contributed by atoms with Crippen LogP contribution in [0.1, 0.15) is 36.5 Å². The molecule has 0 aliphatic carbocycles. The molecule has 0 aliphatic rings. The third-order valence-electron chi connectivity index (χ3n) is 2.66. The molecular weight excluding hydrogens is 254 g/mol. The zero-order valence-electron chi connectivity index (χ0n) is 9.59. The third-order valence-corrected chi connectivity index (χ3v) is 3.93. The van der Waals surface area contributed by atoms with E-state index in [1.807, 2.05) is 10.6 Å². The fourth-order valence-electron chi connectivity index (χ4n) is 1.92. The number of aromatic amines is 1. The van der Waals surface area contributed by atoms with Crippen LogP contribution >= 0.6 is 23.6 Å². The Balaban J connectivity index is 2.45. The van der Waals surface area contributed by atoms with E-state index in [1.54, 1.807) is 11.3 Å². The lowest BCUT2D eigenvalue weighted by Gasteiger charge is -2.17. The van der Waals surface area contributed by atoms with Crippen molar-refractivity contribution in [3.63, 3.8) is 0 Å². The Bertz CT molecular complexity index is 515. The average Bonchev–Trinajstić information content (AvgIpc) is 2.95. The standard InChI is InChI=1S/C11H15N3OS2/c1-2-4-8(9-5-3-6-17-9)14-10(7-15)12-13-11(14)16/h3,5-6,8,15H,2,4,7H2,1H3,(H,13,16). The number of hydrogen-bond acceptors (Lipinski definition) is 4. The summed E-state index contributed by atoms with van der Waals surface area (Å²) < 4.78 is 2.49. The minimum absolute atomic E-state index is 0.0985. The zero-order chi connectivity index (χ0) is 12.3. The normalized spacial score (nSPS) is 12.8. The van der Waals surface area contributed by atoms with Gasteiger partial charge in [-0.2, -0.15) is 5.10 Å². The first-order valence-electron chi connectivity index (χ1n) is 5.58. The number of rotatable bonds is 5. The van der Waals surface area contributed by atoms with E-state index in [0.29, 0.717) is 10.6 Å². The molecule has 0 saturated carbocycles. The van der Waals surface area contributed by atoms with Crippen molar-refractivity contribution in [3.05, 3.63) is 33.0 Å². The molecule has 1 atom stereocenters. The zero-order valence-corrected chi connectivity index (χ0v) is 11.2. The van der Waals surface area contributed by atoms with E-state index in [0.717, 1.165) is 12.8 Å². The van der Waals surface area contributed by atoms with Gasteiger partial charge in [0.1, 0.15) is 6.61 Å². The topological polar surface area (TPSA) is 53.8 Å². The van der Waals surface area contributed by atoms with E-state index >= 15 is 0 Å². The third kappa shape index (κ3) is 2.48. The monoisotopic (exact) mass is 269 g/mol. The Morgan fingerprint density at radius 2 is 2.47 bits per heavy atom. The molecule has 0 amide bonds. The minimum atomic E-state index is -0.0985. The molecule has 6 heteroatoms. The van der Waals surface area contributed by atoms with Crippen LogP contribution in [0, 0.1) is 4.77 Å². The lowest BCUT2D eigenvalue weighted by molar-refractivity contribution is 0.261. The van der Waals surface area contributed by atoms with Gasteiger partial charge in [0, 0.05) is 4.88 Å². The molecule has 2 rings (SSSR count). The molecule has 2 aromatic rings. The van der Waals surface area contributed by atoms with Crippen molar-refractivity contribution < 1.29 is 5.11 Å². The van der Waals surface area contributed by atoms with Gasteiger partial charge in [-0.3, -0.25) is 9.67 Å². The fourth-order valence-corrected chi connectivity index (χ4v) is 3.05. The highest BCUT2D eigenvalue weighted by atomic mass is 32.1. The second-order valence-electron chi connectivity index (χ2n) is 3.79. The molecule has 2 aromatic heterocycles. The van der Waals surface area contributed by atoms with Crippen LogP contribution in [0.25, 0.3) is 0 Å². The van der Waals surface area contributed by atoms with E-state index in [9.17, 15) is 5.11 Å². The summed E-state index contributed by atoms with van der Waals surface area (Å²) in [5.41, 5.74) is 0. The highest BCUT2D eigenvalue weighted by molar-refractivity contribution is 7.71. The number of aliphatic hydroxyl groups excluding tert-OH is 1. The summed E-state index contributed by atoms with van der Waals surface area (Å²) in [5.74, 6) is 0.599. The highest BCUT2D eigenvalue weighted by Gasteiger charge is 2.18. The second kappa shape index (κ2) is 5.57. The summed E-state index contributed by atoms with van der Waals surface area (Å²) in [4.78, 5) is 1.25. The largest absolute Gasteiger partial charge is 0.388 e. The van der Waals surface area contributed by atoms with Gasteiger partial charge in [0.15, 0.2) is 10.6 Å². The smallest absolute Gasteiger partial charge is 0.195 e. The summed E-state index contributed by atoms with van der Waals surface area (Å²) in [6.07, 6.45) is 2.04. The van der Waals surface area contributed by atoms with Crippen LogP contribution in [0.3, 0.4) is 0 Å². The van der Waals surface area contributed by atoms with Gasteiger partial charge in [-0.25, -0.2) is 0 Å². The second-order valence-corrected chi connectivity index (χ2v) is 5.16. The minimum Gasteiger partial charge on any atom is -0.388 e. The van der Waals surface area contributed by atoms with Crippen molar-refractivity contribution in [1.29, 1.82) is 0 Å². The molecule has 0 radical (unpaired) electrons. The first-order chi connectivity index (χ1) is 8.27. The molecule has 0 saturated heterocycles. The van der Waals surface area contributed by atoms with Gasteiger partial charge in [-0.05, 0) is 30.1 Å². The summed E-state index contributed by atoms with van der Waals surface area (Å²) in [6, 6.07) is 4.31. The summed E-state index contributed by atoms with van der Waals surface area (Å²) in [6.45, 7) is 2.04. The maximum absolute atomic E-state index is 9.30. The van der Waals surface area contributed by atoms with E-state index in [1.165, 1.54) is 4.88 Å². The Morgan fingerprint density at radius 3 is 3.06 bits per heavy atom. The fraction of sp³-hybridized carbons (Fsp3) is 0.455. The van der Waals surface area contributed by atoms with Crippen molar-refractivity contribution in [2.24, 2.45) is 0 Å². The van der Waals surface area contributed by atoms with Crippen molar-refractivity contribution >= 4 is 23.6 Å². The Hall–Kier alpha value is -0.980. The van der Waals surface area contributed by atoms with Crippen LogP contribution < -0.4 is 0 Å². The van der Waals surface area contributed by atoms with Crippen molar-refractivity contribution in [2.75, 3.05) is 0 Å². The molecule has 2 heterocycles. The predicted octanol–water partition coefficient (Wildman–Crippen LogP) is 2.88. The molecule has 0 aromatic carbocycles. The first-order valence-corrected chi connectivity index (χ1v) is 6.86. The van der Waals surface area contributed by atoms with Crippen LogP contribution in [-0.4, -0.2) is 19.9 Å². The van der Waals surface area contributed by atoms with Gasteiger partial charge in [0.2, 0.25) is 0 Å². The maximum atomic E-state index is 9.30. The lowest BCUT2D eigenvalue weighted by atomic mass is 10.1. The van der Waals surface area contributed by atoms with Crippen molar-refractivity contribution in [3.8, 4) is 0 Å². The van der Waals surface area contributed by atoms with Gasteiger partial charge in [0.05, 0.1) is 6.04 Å². The number of nitrogens with one attached hydrogen (secondary N) is 1. The highest BCUT2D eigenvalue weighted by Crippen LogP contribution is 2.28. The van der Waals surface area contributed by atoms with E-state index in [4.69, 9.17) is 12.2 Å². The van der Waals surface area contributed by atoms with Crippen molar-refractivity contribution in [1.82, 2.24) is 14.8 Å². The number of thiophene rings is 1. The number of aromatic nitrogens is 3. The number of hydrogen-bond donors (Lipinski definition) is 2. The Kier molecular flexibility index (Phi) is 4.09. The van der Waals surface area contributed by atoms with Gasteiger partial charge in [-0.15, -0.1) is 11.3 Å². The van der Waals surface area contributed by atoms with E-state index in [-0.39, 0.29) is 12.6 Å².